The van der Waals surface area contributed by atoms with Crippen LogP contribution >= 0.6 is 22.9 Å². The maximum absolute atomic E-state index is 2.65. The van der Waals surface area contributed by atoms with Crippen molar-refractivity contribution in [2.24, 2.45) is 17.8 Å². The normalized spacial score (nSPS) is 55.4. The summed E-state index contributed by atoms with van der Waals surface area (Å²) in [5.41, 5.74) is 0.659. The minimum atomic E-state index is 0.659. The topological polar surface area (TPSA) is 3.24 Å². The zero-order valence-electron chi connectivity index (χ0n) is 8.30. The molecule has 0 N–H and O–H groups in total. The van der Waals surface area contributed by atoms with Gasteiger partial charge < -0.3 is 0 Å². The second-order valence-electron chi connectivity index (χ2n) is 5.41. The fraction of sp³-hybridized carbons (Fsp3) is 1.00. The first kappa shape index (κ1) is 8.96. The fourth-order valence-electron chi connectivity index (χ4n) is 3.66. The van der Waals surface area contributed by atoms with Crippen molar-refractivity contribution in [2.45, 2.75) is 44.6 Å². The van der Waals surface area contributed by atoms with Gasteiger partial charge in [-0.05, 0) is 37.0 Å². The molecule has 0 aromatic carbocycles. The number of hydrogen-bond acceptors (Lipinski definition) is 1. The molecule has 0 aromatic heterocycles. The molecule has 3 aliphatic rings. The molecule has 74 valence electrons. The lowest BCUT2D eigenvalue weighted by Gasteiger charge is -2.39. The van der Waals surface area contributed by atoms with Crippen molar-refractivity contribution >= 4 is 22.9 Å². The van der Waals surface area contributed by atoms with Gasteiger partial charge >= 0.3 is 0 Å². The molecule has 1 heterocycles. The lowest BCUT2D eigenvalue weighted by molar-refractivity contribution is 0.151. The van der Waals surface area contributed by atoms with Crippen molar-refractivity contribution < 1.29 is 0 Å². The van der Waals surface area contributed by atoms with E-state index in [9.17, 15) is 0 Å². The first-order valence-electron chi connectivity index (χ1n) is 5.66. The molecule has 13 heavy (non-hydrogen) atoms. The van der Waals surface area contributed by atoms with Crippen LogP contribution in [0.15, 0.2) is 0 Å². The monoisotopic (exact) mass is 291 g/mol. The maximum Gasteiger partial charge on any atom is 0.0337 e. The van der Waals surface area contributed by atoms with E-state index in [4.69, 9.17) is 0 Å². The smallest absolute Gasteiger partial charge is 0.0337 e. The Hall–Kier alpha value is 0.690. The fourth-order valence-corrected chi connectivity index (χ4v) is 5.03. The lowest BCUT2D eigenvalue weighted by atomic mass is 9.83. The molecule has 1 saturated heterocycles. The molecule has 0 radical (unpaired) electrons. The van der Waals surface area contributed by atoms with E-state index in [1.165, 1.54) is 38.6 Å². The van der Waals surface area contributed by atoms with Crippen molar-refractivity contribution in [1.82, 2.24) is 3.11 Å². The Bertz CT molecular complexity index is 230. The number of nitrogens with zero attached hydrogens (tertiary/aromatic N) is 1. The van der Waals surface area contributed by atoms with Crippen LogP contribution in [-0.4, -0.2) is 15.2 Å². The third-order valence-corrected chi connectivity index (χ3v) is 6.08. The van der Waals surface area contributed by atoms with Crippen molar-refractivity contribution in [3.8, 4) is 0 Å². The molecule has 2 saturated carbocycles. The lowest BCUT2D eigenvalue weighted by Crippen LogP contribution is -2.43. The number of fused-ring (bicyclic) bond motifs is 1. The van der Waals surface area contributed by atoms with Gasteiger partial charge in [0.15, 0.2) is 0 Å². The van der Waals surface area contributed by atoms with Gasteiger partial charge in [0.25, 0.3) is 0 Å². The predicted molar refractivity (Wildman–Crippen MR) is 62.7 cm³/mol. The highest BCUT2D eigenvalue weighted by Crippen LogP contribution is 2.59. The van der Waals surface area contributed by atoms with Crippen LogP contribution in [-0.2, 0) is 0 Å². The standard InChI is InChI=1S/C11H18IN/c1-8-5-11(8)6-9-3-2-4-10(9)7-13(11)12/h8-10H,2-7H2,1H3/t8?,9-,10+,11?/m0/s1. The zero-order valence-corrected chi connectivity index (χ0v) is 10.5. The Morgan fingerprint density at radius 2 is 1.92 bits per heavy atom. The number of hydrogen-bond donors (Lipinski definition) is 0. The van der Waals surface area contributed by atoms with Crippen molar-refractivity contribution in [3.05, 3.63) is 0 Å². The van der Waals surface area contributed by atoms with Crippen molar-refractivity contribution in [2.75, 3.05) is 6.54 Å². The van der Waals surface area contributed by atoms with Crippen LogP contribution in [0.1, 0.15) is 39.0 Å². The van der Waals surface area contributed by atoms with Crippen LogP contribution in [0.3, 0.4) is 0 Å². The summed E-state index contributed by atoms with van der Waals surface area (Å²) in [7, 11) is 0. The van der Waals surface area contributed by atoms with E-state index in [-0.39, 0.29) is 0 Å². The summed E-state index contributed by atoms with van der Waals surface area (Å²) < 4.78 is 2.65. The summed E-state index contributed by atoms with van der Waals surface area (Å²) in [6.07, 6.45) is 7.53. The van der Waals surface area contributed by atoms with Crippen LogP contribution in [0.5, 0.6) is 0 Å². The van der Waals surface area contributed by atoms with E-state index in [0.717, 1.165) is 17.8 Å². The largest absolute Gasteiger partial charge is 0.241 e. The van der Waals surface area contributed by atoms with Crippen LogP contribution in [0.4, 0.5) is 0 Å². The maximum atomic E-state index is 2.65. The average molecular weight is 291 g/mol. The molecule has 3 rings (SSSR count). The highest BCUT2D eigenvalue weighted by atomic mass is 127. The second kappa shape index (κ2) is 2.84. The molecule has 2 aliphatic carbocycles. The van der Waals surface area contributed by atoms with Gasteiger partial charge in [-0.2, -0.15) is 0 Å². The average Bonchev–Trinajstić information content (AvgIpc) is 2.55. The first-order valence-corrected chi connectivity index (χ1v) is 6.62. The van der Waals surface area contributed by atoms with E-state index in [0.29, 0.717) is 5.54 Å². The molecule has 2 unspecified atom stereocenters. The Balaban J connectivity index is 1.80. The Kier molecular flexibility index (Phi) is 1.96. The highest BCUT2D eigenvalue weighted by molar-refractivity contribution is 14.1. The summed E-state index contributed by atoms with van der Waals surface area (Å²) in [5.74, 6) is 3.12. The second-order valence-corrected chi connectivity index (χ2v) is 6.57. The SMILES string of the molecule is CC1CC12C[C@@H]1CCC[C@@H]1CN2I. The quantitative estimate of drug-likeness (QED) is 0.489. The molecule has 1 spiro atoms. The summed E-state index contributed by atoms with van der Waals surface area (Å²) in [6, 6.07) is 0. The van der Waals surface area contributed by atoms with Crippen LogP contribution in [0.25, 0.3) is 0 Å². The van der Waals surface area contributed by atoms with E-state index in [1.54, 1.807) is 0 Å². The zero-order chi connectivity index (χ0) is 9.05. The third kappa shape index (κ3) is 1.21. The molecule has 0 aromatic rings. The van der Waals surface area contributed by atoms with Gasteiger partial charge in [-0.15, -0.1) is 0 Å². The van der Waals surface area contributed by atoms with Gasteiger partial charge in [0.2, 0.25) is 0 Å². The first-order chi connectivity index (χ1) is 6.22. The number of rotatable bonds is 0. The predicted octanol–water partition coefficient (Wildman–Crippen LogP) is 3.24. The number of piperidine rings is 1. The summed E-state index contributed by atoms with van der Waals surface area (Å²) >= 11 is 2.59. The summed E-state index contributed by atoms with van der Waals surface area (Å²) in [6.45, 7) is 3.82. The van der Waals surface area contributed by atoms with Crippen molar-refractivity contribution in [1.29, 1.82) is 0 Å². The summed E-state index contributed by atoms with van der Waals surface area (Å²) in [4.78, 5) is 0. The van der Waals surface area contributed by atoms with Gasteiger partial charge in [0, 0.05) is 34.9 Å². The van der Waals surface area contributed by atoms with Gasteiger partial charge in [-0.1, -0.05) is 19.8 Å². The van der Waals surface area contributed by atoms with Gasteiger partial charge in [-0.25, -0.2) is 3.11 Å². The van der Waals surface area contributed by atoms with Gasteiger partial charge in [0.05, 0.1) is 0 Å². The van der Waals surface area contributed by atoms with E-state index in [1.807, 2.05) is 0 Å². The van der Waals surface area contributed by atoms with E-state index < -0.39 is 0 Å². The highest BCUT2D eigenvalue weighted by Gasteiger charge is 2.59. The van der Waals surface area contributed by atoms with Crippen LogP contribution in [0.2, 0.25) is 0 Å². The molecule has 1 nitrogen and oxygen atoms in total. The molecule has 2 heteroatoms. The minimum Gasteiger partial charge on any atom is -0.241 e. The molecule has 0 amide bonds. The molecule has 0 bridgehead atoms. The van der Waals surface area contributed by atoms with E-state index >= 15 is 0 Å². The molecular formula is C11H18IN. The molecule has 3 fully saturated rings. The number of halogens is 1. The summed E-state index contributed by atoms with van der Waals surface area (Å²) in [5, 5.41) is 0. The third-order valence-electron chi connectivity index (χ3n) is 4.73. The van der Waals surface area contributed by atoms with Gasteiger partial charge in [-0.3, -0.25) is 0 Å². The Morgan fingerprint density at radius 3 is 2.62 bits per heavy atom. The molecule has 4 atom stereocenters. The van der Waals surface area contributed by atoms with Crippen LogP contribution < -0.4 is 0 Å². The Morgan fingerprint density at radius 1 is 1.23 bits per heavy atom. The van der Waals surface area contributed by atoms with Gasteiger partial charge in [0.1, 0.15) is 0 Å². The molecular weight excluding hydrogens is 273 g/mol. The van der Waals surface area contributed by atoms with Crippen molar-refractivity contribution in [3.63, 3.8) is 0 Å². The van der Waals surface area contributed by atoms with Crippen LogP contribution in [0, 0.1) is 17.8 Å². The molecule has 1 aliphatic heterocycles. The van der Waals surface area contributed by atoms with E-state index in [2.05, 4.69) is 32.9 Å². The minimum absolute atomic E-state index is 0.659. The Labute approximate surface area is 94.7 Å².